The van der Waals surface area contributed by atoms with Crippen molar-refractivity contribution in [1.29, 1.82) is 0 Å². The van der Waals surface area contributed by atoms with Gasteiger partial charge in [0.15, 0.2) is 16.6 Å². The molecule has 0 saturated heterocycles. The Morgan fingerprint density at radius 1 is 0.556 bits per heavy atom. The Labute approximate surface area is 228 Å². The van der Waals surface area contributed by atoms with Gasteiger partial charge in [0.05, 0.1) is 0 Å². The standard InChI is InChI=1S/C12H32N2O3Si2.C12H32N2OSi2/c1-15-18(3,11-7-5-9-13)17-19(4,16-2)12-8-6-10-14;1-11(13)7-9-16(3,4)15-17(5,6)10-8-12(2)14/h5-14H2,1-4H3;11-12H,7-10,13-14H2,1-6H3. The first-order chi connectivity index (χ1) is 16.5. The highest BCUT2D eigenvalue weighted by molar-refractivity contribution is 6.84. The van der Waals surface area contributed by atoms with Crippen LogP contribution in [0.25, 0.3) is 0 Å². The summed E-state index contributed by atoms with van der Waals surface area (Å²) in [5.41, 5.74) is 22.7. The topological polar surface area (TPSA) is 141 Å². The number of hydrogen-bond donors (Lipinski definition) is 4. The van der Waals surface area contributed by atoms with Crippen LogP contribution >= 0.6 is 0 Å². The van der Waals surface area contributed by atoms with Gasteiger partial charge in [-0.25, -0.2) is 0 Å². The molecule has 0 amide bonds. The van der Waals surface area contributed by atoms with Gasteiger partial charge in [-0.15, -0.1) is 0 Å². The van der Waals surface area contributed by atoms with E-state index >= 15 is 0 Å². The van der Waals surface area contributed by atoms with Crippen molar-refractivity contribution in [2.45, 2.75) is 128 Å². The summed E-state index contributed by atoms with van der Waals surface area (Å²) in [6.45, 7) is 19.1. The largest absolute Gasteiger partial charge is 0.455 e. The molecule has 0 aliphatic rings. The third-order valence-corrected chi connectivity index (χ3v) is 21.5. The molecular weight excluding hydrogens is 521 g/mol. The summed E-state index contributed by atoms with van der Waals surface area (Å²) in [5, 5.41) is 0. The van der Waals surface area contributed by atoms with Crippen LogP contribution in [0, 0.1) is 0 Å². The number of nitrogens with two attached hydrogens (primary N) is 4. The van der Waals surface area contributed by atoms with Crippen LogP contribution in [0.3, 0.4) is 0 Å². The lowest BCUT2D eigenvalue weighted by molar-refractivity contribution is 0.238. The second-order valence-electron chi connectivity index (χ2n) is 11.9. The van der Waals surface area contributed by atoms with Crippen molar-refractivity contribution in [3.63, 3.8) is 0 Å². The van der Waals surface area contributed by atoms with Gasteiger partial charge in [-0.2, -0.15) is 0 Å². The molecule has 8 N–H and O–H groups in total. The highest BCUT2D eigenvalue weighted by Gasteiger charge is 2.41. The number of unbranched alkanes of at least 4 members (excludes halogenated alkanes) is 2. The van der Waals surface area contributed by atoms with Crippen LogP contribution in [0.4, 0.5) is 0 Å². The zero-order chi connectivity index (χ0) is 28.5. The summed E-state index contributed by atoms with van der Waals surface area (Å²) in [6.07, 6.45) is 6.32. The SMILES string of the molecule is CC(N)CC[Si](C)(C)O[Si](C)(C)CCC(C)N.CO[Si](C)(CCCCN)O[Si](C)(CCCCN)OC. The van der Waals surface area contributed by atoms with Crippen LogP contribution in [0.5, 0.6) is 0 Å². The van der Waals surface area contributed by atoms with E-state index in [9.17, 15) is 0 Å². The maximum atomic E-state index is 6.49. The van der Waals surface area contributed by atoms with E-state index in [1.165, 1.54) is 12.1 Å². The average Bonchev–Trinajstić information content (AvgIpc) is 2.77. The fraction of sp³-hybridized carbons (Fsp3) is 1.00. The third kappa shape index (κ3) is 21.5. The molecule has 0 aliphatic carbocycles. The van der Waals surface area contributed by atoms with Gasteiger partial charge in [0.1, 0.15) is 0 Å². The number of hydrogen-bond acceptors (Lipinski definition) is 8. The van der Waals surface area contributed by atoms with Crippen LogP contribution < -0.4 is 22.9 Å². The molecule has 0 aromatic rings. The Balaban J connectivity index is 0. The summed E-state index contributed by atoms with van der Waals surface area (Å²) in [5.74, 6) is 0. The van der Waals surface area contributed by atoms with E-state index < -0.39 is 33.8 Å². The van der Waals surface area contributed by atoms with E-state index in [1.807, 2.05) is 0 Å². The molecule has 220 valence electrons. The van der Waals surface area contributed by atoms with Crippen molar-refractivity contribution in [3.05, 3.63) is 0 Å². The molecule has 8 nitrogen and oxygen atoms in total. The van der Waals surface area contributed by atoms with E-state index in [-0.39, 0.29) is 0 Å². The van der Waals surface area contributed by atoms with Gasteiger partial charge in [-0.3, -0.25) is 0 Å². The zero-order valence-electron chi connectivity index (χ0n) is 25.6. The van der Waals surface area contributed by atoms with Gasteiger partial charge in [0.25, 0.3) is 0 Å². The quantitative estimate of drug-likeness (QED) is 0.118. The van der Waals surface area contributed by atoms with Gasteiger partial charge in [0.2, 0.25) is 0 Å². The summed E-state index contributed by atoms with van der Waals surface area (Å²) in [7, 11) is -3.82. The Kier molecular flexibility index (Phi) is 21.0. The first-order valence-corrected chi connectivity index (χ1v) is 25.2. The molecule has 4 unspecified atom stereocenters. The summed E-state index contributed by atoms with van der Waals surface area (Å²) in [6, 6.07) is 4.87. The van der Waals surface area contributed by atoms with Crippen molar-refractivity contribution in [2.24, 2.45) is 22.9 Å². The minimum atomic E-state index is -2.13. The summed E-state index contributed by atoms with van der Waals surface area (Å²) in [4.78, 5) is 0. The number of rotatable bonds is 20. The van der Waals surface area contributed by atoms with Crippen molar-refractivity contribution in [3.8, 4) is 0 Å². The smallest absolute Gasteiger partial charge is 0.325 e. The predicted octanol–water partition coefficient (Wildman–Crippen LogP) is 4.81. The molecule has 0 fully saturated rings. The van der Waals surface area contributed by atoms with Crippen LogP contribution in [0.15, 0.2) is 0 Å². The molecule has 0 aromatic heterocycles. The van der Waals surface area contributed by atoms with Crippen molar-refractivity contribution >= 4 is 33.8 Å². The molecule has 0 rings (SSSR count). The fourth-order valence-corrected chi connectivity index (χ4v) is 20.5. The molecular formula is C24H64N4O4Si4. The van der Waals surface area contributed by atoms with Gasteiger partial charge >= 0.3 is 17.1 Å². The maximum Gasteiger partial charge on any atom is 0.325 e. The lowest BCUT2D eigenvalue weighted by Crippen LogP contribution is -2.51. The molecule has 0 aliphatic heterocycles. The average molecular weight is 585 g/mol. The van der Waals surface area contributed by atoms with Gasteiger partial charge in [-0.05, 0) is 116 Å². The minimum absolute atomic E-state index is 0.291. The highest BCUT2D eigenvalue weighted by Crippen LogP contribution is 2.26. The zero-order valence-corrected chi connectivity index (χ0v) is 29.6. The van der Waals surface area contributed by atoms with E-state index in [0.29, 0.717) is 12.1 Å². The molecule has 0 radical (unpaired) electrons. The van der Waals surface area contributed by atoms with Crippen LogP contribution in [-0.2, 0) is 17.1 Å². The lowest BCUT2D eigenvalue weighted by atomic mass is 10.3. The lowest BCUT2D eigenvalue weighted by Gasteiger charge is -2.35. The van der Waals surface area contributed by atoms with Gasteiger partial charge in [0, 0.05) is 26.3 Å². The molecule has 36 heavy (non-hydrogen) atoms. The summed E-state index contributed by atoms with van der Waals surface area (Å²) >= 11 is 0. The predicted molar refractivity (Wildman–Crippen MR) is 167 cm³/mol. The van der Waals surface area contributed by atoms with Crippen LogP contribution in [0.2, 0.25) is 63.5 Å². The van der Waals surface area contributed by atoms with Crippen molar-refractivity contribution < 1.29 is 17.1 Å². The Morgan fingerprint density at radius 3 is 1.14 bits per heavy atom. The molecule has 0 spiro atoms. The van der Waals surface area contributed by atoms with Gasteiger partial charge < -0.3 is 40.0 Å². The van der Waals surface area contributed by atoms with E-state index in [2.05, 4.69) is 53.1 Å². The first kappa shape index (κ1) is 38.7. The maximum absolute atomic E-state index is 6.49. The molecule has 0 saturated carbocycles. The summed E-state index contributed by atoms with van der Waals surface area (Å²) < 4.78 is 24.2. The van der Waals surface area contributed by atoms with E-state index in [1.54, 1.807) is 14.2 Å². The fourth-order valence-electron chi connectivity index (χ4n) is 4.03. The van der Waals surface area contributed by atoms with Crippen LogP contribution in [0.1, 0.15) is 52.4 Å². The normalized spacial score (nSPS) is 17.5. The molecule has 0 aromatic carbocycles. The Bertz CT molecular complexity index is 504. The Morgan fingerprint density at radius 2 is 0.889 bits per heavy atom. The second-order valence-corrected chi connectivity index (χ2v) is 27.9. The van der Waals surface area contributed by atoms with E-state index in [0.717, 1.165) is 63.7 Å². The first-order valence-electron chi connectivity index (χ1n) is 13.9. The molecule has 4 atom stereocenters. The van der Waals surface area contributed by atoms with Gasteiger partial charge in [-0.1, -0.05) is 12.8 Å². The molecule has 12 heteroatoms. The highest BCUT2D eigenvalue weighted by atomic mass is 28.5. The van der Waals surface area contributed by atoms with Crippen LogP contribution in [-0.4, -0.2) is 73.1 Å². The molecule has 0 heterocycles. The minimum Gasteiger partial charge on any atom is -0.455 e. The Hall–Kier alpha value is 0.548. The monoisotopic (exact) mass is 584 g/mol. The van der Waals surface area contributed by atoms with Crippen molar-refractivity contribution in [1.82, 2.24) is 0 Å². The van der Waals surface area contributed by atoms with E-state index in [4.69, 9.17) is 40.0 Å². The second kappa shape index (κ2) is 19.6. The third-order valence-electron chi connectivity index (χ3n) is 6.42. The van der Waals surface area contributed by atoms with Crippen molar-refractivity contribution in [2.75, 3.05) is 27.3 Å². The molecule has 0 bridgehead atoms.